The van der Waals surface area contributed by atoms with E-state index in [2.05, 4.69) is 26.1 Å². The Morgan fingerprint density at radius 3 is 2.53 bits per heavy atom. The largest absolute Gasteiger partial charge is 0.312 e. The van der Waals surface area contributed by atoms with Gasteiger partial charge in [-0.25, -0.2) is 0 Å². The van der Waals surface area contributed by atoms with E-state index in [9.17, 15) is 0 Å². The van der Waals surface area contributed by atoms with Crippen molar-refractivity contribution >= 4 is 44.6 Å². The number of hydrogen-bond acceptors (Lipinski definition) is 2. The zero-order valence-electron chi connectivity index (χ0n) is 11.5. The number of hydrogen-bond donors (Lipinski definition) is 1. The van der Waals surface area contributed by atoms with Gasteiger partial charge < -0.3 is 5.32 Å². The Hall–Kier alpha value is -0.280. The molecule has 0 aliphatic heterocycles. The molecular weight excluding hydrogens is 297 g/mol. The summed E-state index contributed by atoms with van der Waals surface area (Å²) in [5.74, 6) is 0.447. The summed E-state index contributed by atoms with van der Waals surface area (Å²) in [5, 5.41) is 6.22. The Labute approximate surface area is 128 Å². The first kappa shape index (κ1) is 15.1. The molecule has 0 radical (unpaired) electrons. The summed E-state index contributed by atoms with van der Waals surface area (Å²) < 4.78 is 1.12. The molecule has 0 unspecified atom stereocenters. The molecule has 1 aromatic carbocycles. The van der Waals surface area contributed by atoms with Crippen molar-refractivity contribution in [1.82, 2.24) is 5.32 Å². The van der Waals surface area contributed by atoms with Gasteiger partial charge in [-0.3, -0.25) is 0 Å². The van der Waals surface area contributed by atoms with Crippen LogP contribution in [0.5, 0.6) is 0 Å². The van der Waals surface area contributed by atoms with Gasteiger partial charge in [0, 0.05) is 21.8 Å². The minimum atomic E-state index is 0.447. The van der Waals surface area contributed by atoms with Crippen molar-refractivity contribution in [3.05, 3.63) is 32.6 Å². The third kappa shape index (κ3) is 3.08. The van der Waals surface area contributed by atoms with Gasteiger partial charge in [0.25, 0.3) is 0 Å². The van der Waals surface area contributed by atoms with Gasteiger partial charge in [0.2, 0.25) is 0 Å². The lowest BCUT2D eigenvalue weighted by Gasteiger charge is -2.09. The van der Waals surface area contributed by atoms with Crippen molar-refractivity contribution in [2.24, 2.45) is 0 Å². The standard InChI is InChI=1S/C15H19Cl2NS/c1-4-7-18-8-12-13(9(2)3)14-10(16)5-6-11(17)15(14)19-12/h5-6,9,18H,4,7-8H2,1-3H3. The molecule has 19 heavy (non-hydrogen) atoms. The summed E-state index contributed by atoms with van der Waals surface area (Å²) >= 11 is 14.5. The highest BCUT2D eigenvalue weighted by Gasteiger charge is 2.18. The molecule has 0 aliphatic carbocycles. The highest BCUT2D eigenvalue weighted by molar-refractivity contribution is 7.20. The van der Waals surface area contributed by atoms with E-state index in [0.29, 0.717) is 5.92 Å². The Bertz CT molecular complexity index is 575. The molecule has 2 rings (SSSR count). The fourth-order valence-electron chi connectivity index (χ4n) is 2.32. The van der Waals surface area contributed by atoms with Gasteiger partial charge in [0.05, 0.1) is 9.72 Å². The maximum absolute atomic E-state index is 6.38. The lowest BCUT2D eigenvalue weighted by molar-refractivity contribution is 0.675. The Balaban J connectivity index is 2.54. The molecular formula is C15H19Cl2NS. The van der Waals surface area contributed by atoms with Crippen LogP contribution in [0, 0.1) is 0 Å². The molecule has 1 aromatic heterocycles. The zero-order valence-corrected chi connectivity index (χ0v) is 13.8. The molecule has 0 bridgehead atoms. The van der Waals surface area contributed by atoms with Crippen LogP contribution in [0.25, 0.3) is 10.1 Å². The van der Waals surface area contributed by atoms with E-state index < -0.39 is 0 Å². The number of halogens is 2. The first-order valence-electron chi connectivity index (χ1n) is 6.66. The van der Waals surface area contributed by atoms with Crippen LogP contribution in [0.3, 0.4) is 0 Å². The summed E-state index contributed by atoms with van der Waals surface area (Å²) in [6.07, 6.45) is 1.14. The highest BCUT2D eigenvalue weighted by Crippen LogP contribution is 2.43. The third-order valence-electron chi connectivity index (χ3n) is 3.14. The van der Waals surface area contributed by atoms with Crippen LogP contribution in [-0.2, 0) is 6.54 Å². The van der Waals surface area contributed by atoms with E-state index >= 15 is 0 Å². The van der Waals surface area contributed by atoms with Crippen molar-refractivity contribution in [1.29, 1.82) is 0 Å². The molecule has 0 fully saturated rings. The number of benzene rings is 1. The molecule has 0 atom stereocenters. The van der Waals surface area contributed by atoms with Crippen molar-refractivity contribution in [2.75, 3.05) is 6.54 Å². The van der Waals surface area contributed by atoms with Crippen LogP contribution >= 0.6 is 34.5 Å². The van der Waals surface area contributed by atoms with Gasteiger partial charge in [-0.15, -0.1) is 11.3 Å². The van der Waals surface area contributed by atoms with Crippen molar-refractivity contribution < 1.29 is 0 Å². The van der Waals surface area contributed by atoms with Gasteiger partial charge in [-0.2, -0.15) is 0 Å². The zero-order chi connectivity index (χ0) is 14.0. The normalized spacial score (nSPS) is 11.7. The SMILES string of the molecule is CCCNCc1sc2c(Cl)ccc(Cl)c2c1C(C)C. The van der Waals surface area contributed by atoms with Gasteiger partial charge in [-0.1, -0.05) is 44.0 Å². The number of fused-ring (bicyclic) bond motifs is 1. The average Bonchev–Trinajstić information content (AvgIpc) is 2.75. The maximum Gasteiger partial charge on any atom is 0.0585 e. The second kappa shape index (κ2) is 6.45. The van der Waals surface area contributed by atoms with Crippen molar-refractivity contribution in [3.63, 3.8) is 0 Å². The molecule has 1 heterocycles. The predicted molar refractivity (Wildman–Crippen MR) is 87.9 cm³/mol. The fourth-order valence-corrected chi connectivity index (χ4v) is 4.27. The van der Waals surface area contributed by atoms with Crippen LogP contribution in [-0.4, -0.2) is 6.54 Å². The summed E-state index contributed by atoms with van der Waals surface area (Å²) in [6, 6.07) is 3.78. The molecule has 0 saturated carbocycles. The Kier molecular flexibility index (Phi) is 5.13. The minimum absolute atomic E-state index is 0.447. The summed E-state index contributed by atoms with van der Waals surface area (Å²) in [6.45, 7) is 8.53. The van der Waals surface area contributed by atoms with Crippen LogP contribution in [0.1, 0.15) is 43.6 Å². The Morgan fingerprint density at radius 1 is 1.21 bits per heavy atom. The van der Waals surface area contributed by atoms with E-state index in [1.165, 1.54) is 10.4 Å². The van der Waals surface area contributed by atoms with Crippen LogP contribution in [0.4, 0.5) is 0 Å². The van der Waals surface area contributed by atoms with Gasteiger partial charge >= 0.3 is 0 Å². The van der Waals surface area contributed by atoms with E-state index in [4.69, 9.17) is 23.2 Å². The molecule has 2 aromatic rings. The molecule has 0 spiro atoms. The molecule has 1 nitrogen and oxygen atoms in total. The predicted octanol–water partition coefficient (Wildman–Crippen LogP) is 5.83. The highest BCUT2D eigenvalue weighted by atomic mass is 35.5. The fraction of sp³-hybridized carbons (Fsp3) is 0.467. The second-order valence-corrected chi connectivity index (χ2v) is 6.92. The lowest BCUT2D eigenvalue weighted by atomic mass is 9.99. The van der Waals surface area contributed by atoms with Crippen molar-refractivity contribution in [2.45, 2.75) is 39.7 Å². The molecule has 0 amide bonds. The number of thiophene rings is 1. The third-order valence-corrected chi connectivity index (χ3v) is 5.12. The summed E-state index contributed by atoms with van der Waals surface area (Å²) in [5.41, 5.74) is 1.34. The van der Waals surface area contributed by atoms with Crippen LogP contribution in [0.15, 0.2) is 12.1 Å². The summed E-state index contributed by atoms with van der Waals surface area (Å²) in [7, 11) is 0. The average molecular weight is 316 g/mol. The van der Waals surface area contributed by atoms with Gasteiger partial charge in [-0.05, 0) is 36.6 Å². The molecule has 0 aliphatic rings. The first-order chi connectivity index (χ1) is 9.06. The second-order valence-electron chi connectivity index (χ2n) is 5.00. The number of rotatable bonds is 5. The number of nitrogens with one attached hydrogen (secondary N) is 1. The van der Waals surface area contributed by atoms with Crippen LogP contribution in [0.2, 0.25) is 10.0 Å². The first-order valence-corrected chi connectivity index (χ1v) is 8.23. The Morgan fingerprint density at radius 2 is 1.89 bits per heavy atom. The van der Waals surface area contributed by atoms with E-state index in [0.717, 1.165) is 39.6 Å². The van der Waals surface area contributed by atoms with Gasteiger partial charge in [0.1, 0.15) is 0 Å². The minimum Gasteiger partial charge on any atom is -0.312 e. The smallest absolute Gasteiger partial charge is 0.0585 e. The maximum atomic E-state index is 6.38. The quantitative estimate of drug-likeness (QED) is 0.684. The van der Waals surface area contributed by atoms with Crippen LogP contribution < -0.4 is 5.32 Å². The van der Waals surface area contributed by atoms with Crippen molar-refractivity contribution in [3.8, 4) is 0 Å². The topological polar surface area (TPSA) is 12.0 Å². The molecule has 4 heteroatoms. The van der Waals surface area contributed by atoms with Gasteiger partial charge in [0.15, 0.2) is 0 Å². The molecule has 0 saturated heterocycles. The monoisotopic (exact) mass is 315 g/mol. The molecule has 1 N–H and O–H groups in total. The summed E-state index contributed by atoms with van der Waals surface area (Å²) in [4.78, 5) is 1.36. The lowest BCUT2D eigenvalue weighted by Crippen LogP contribution is -2.14. The van der Waals surface area contributed by atoms with E-state index in [1.54, 1.807) is 11.3 Å². The van der Waals surface area contributed by atoms with E-state index in [1.807, 2.05) is 12.1 Å². The molecule has 104 valence electrons. The van der Waals surface area contributed by atoms with E-state index in [-0.39, 0.29) is 0 Å².